The molecule has 0 unspecified atom stereocenters. The number of hydrogen-bond donors (Lipinski definition) is 1. The fraction of sp³-hybridized carbons (Fsp3) is 0.417. The summed E-state index contributed by atoms with van der Waals surface area (Å²) < 4.78 is 51.3. The smallest absolute Gasteiger partial charge is 0.416 e. The van der Waals surface area contributed by atoms with Gasteiger partial charge in [-0.05, 0) is 42.0 Å². The number of nitrogens with zero attached hydrogens (tertiary/aromatic N) is 2. The van der Waals surface area contributed by atoms with Crippen molar-refractivity contribution in [3.05, 3.63) is 65.2 Å². The van der Waals surface area contributed by atoms with E-state index in [0.29, 0.717) is 49.2 Å². The SMILES string of the molecule is N#Cc1ccc(O[C@@H](CCN2CCC3(CC2)CNC(=O)O3)c2cccc(C(F)(F)F)c2)cc1. The molecule has 2 fully saturated rings. The minimum absolute atomic E-state index is 0.385. The lowest BCUT2D eigenvalue weighted by atomic mass is 9.91. The molecule has 1 N–H and O–H groups in total. The van der Waals surface area contributed by atoms with Crippen molar-refractivity contribution in [2.24, 2.45) is 0 Å². The zero-order valence-electron chi connectivity index (χ0n) is 17.9. The highest BCUT2D eigenvalue weighted by atomic mass is 19.4. The molecule has 0 saturated carbocycles. The standard InChI is InChI=1S/C24H24F3N3O3/c25-24(26,27)19-3-1-2-18(14-19)21(32-20-6-4-17(15-28)5-7-20)8-11-30-12-9-23(10-13-30)16-29-22(31)33-23/h1-7,14,21H,8-13,16H2,(H,29,31)/t21-/m0/s1. The Hall–Kier alpha value is -3.25. The van der Waals surface area contributed by atoms with Crippen molar-refractivity contribution in [1.82, 2.24) is 10.2 Å². The highest BCUT2D eigenvalue weighted by Crippen LogP contribution is 2.34. The van der Waals surface area contributed by atoms with E-state index in [-0.39, 0.29) is 6.09 Å². The second-order valence-electron chi connectivity index (χ2n) is 8.42. The largest absolute Gasteiger partial charge is 0.486 e. The van der Waals surface area contributed by atoms with Crippen LogP contribution in [0.2, 0.25) is 0 Å². The molecule has 1 amide bonds. The van der Waals surface area contributed by atoms with Crippen LogP contribution in [0.15, 0.2) is 48.5 Å². The Labute approximate surface area is 189 Å². The Morgan fingerprint density at radius 3 is 2.52 bits per heavy atom. The molecule has 2 aliphatic rings. The minimum Gasteiger partial charge on any atom is -0.486 e. The van der Waals surface area contributed by atoms with Gasteiger partial charge in [-0.15, -0.1) is 0 Å². The van der Waals surface area contributed by atoms with E-state index in [4.69, 9.17) is 14.7 Å². The number of nitrogens with one attached hydrogen (secondary N) is 1. The first-order chi connectivity index (χ1) is 15.8. The van der Waals surface area contributed by atoms with Gasteiger partial charge in [0.05, 0.1) is 23.7 Å². The number of benzene rings is 2. The lowest BCUT2D eigenvalue weighted by Gasteiger charge is -2.37. The second kappa shape index (κ2) is 9.32. The molecule has 2 heterocycles. The van der Waals surface area contributed by atoms with Crippen molar-refractivity contribution in [3.8, 4) is 11.8 Å². The highest BCUT2D eigenvalue weighted by molar-refractivity contribution is 5.70. The van der Waals surface area contributed by atoms with Crippen LogP contribution in [0.25, 0.3) is 0 Å². The summed E-state index contributed by atoms with van der Waals surface area (Å²) in [5, 5.41) is 11.7. The van der Waals surface area contributed by atoms with Crippen LogP contribution in [0.4, 0.5) is 18.0 Å². The number of amides is 1. The number of carbonyl (C=O) groups is 1. The Bertz CT molecular complexity index is 1030. The molecule has 33 heavy (non-hydrogen) atoms. The maximum absolute atomic E-state index is 13.3. The molecule has 0 aromatic heterocycles. The minimum atomic E-state index is -4.44. The van der Waals surface area contributed by atoms with Gasteiger partial charge < -0.3 is 19.7 Å². The maximum atomic E-state index is 13.3. The van der Waals surface area contributed by atoms with Crippen molar-refractivity contribution in [1.29, 1.82) is 5.26 Å². The lowest BCUT2D eigenvalue weighted by molar-refractivity contribution is -0.137. The molecule has 2 aromatic carbocycles. The zero-order valence-corrected chi connectivity index (χ0v) is 17.9. The monoisotopic (exact) mass is 459 g/mol. The third-order valence-electron chi connectivity index (χ3n) is 6.19. The van der Waals surface area contributed by atoms with Gasteiger partial charge in [0.2, 0.25) is 0 Å². The molecule has 0 aliphatic carbocycles. The normalized spacial score (nSPS) is 18.9. The van der Waals surface area contributed by atoms with Crippen LogP contribution in [0.5, 0.6) is 5.75 Å². The topological polar surface area (TPSA) is 74.6 Å². The summed E-state index contributed by atoms with van der Waals surface area (Å²) in [6.07, 6.45) is -3.53. The number of halogens is 3. The number of nitriles is 1. The van der Waals surface area contributed by atoms with Gasteiger partial charge in [-0.25, -0.2) is 4.79 Å². The molecule has 1 spiro atoms. The summed E-state index contributed by atoms with van der Waals surface area (Å²) in [4.78, 5) is 13.6. The van der Waals surface area contributed by atoms with Crippen LogP contribution >= 0.6 is 0 Å². The fourth-order valence-corrected chi connectivity index (χ4v) is 4.25. The van der Waals surface area contributed by atoms with Crippen LogP contribution in [-0.4, -0.2) is 42.8 Å². The van der Waals surface area contributed by atoms with Crippen molar-refractivity contribution in [2.75, 3.05) is 26.2 Å². The van der Waals surface area contributed by atoms with Crippen LogP contribution < -0.4 is 10.1 Å². The van der Waals surface area contributed by atoms with Gasteiger partial charge >= 0.3 is 12.3 Å². The number of hydrogen-bond acceptors (Lipinski definition) is 5. The van der Waals surface area contributed by atoms with Crippen LogP contribution in [-0.2, 0) is 10.9 Å². The average Bonchev–Trinajstić information content (AvgIpc) is 3.17. The van der Waals surface area contributed by atoms with Gasteiger partial charge in [0, 0.05) is 38.9 Å². The molecule has 1 atom stereocenters. The van der Waals surface area contributed by atoms with E-state index in [1.807, 2.05) is 6.07 Å². The molecular formula is C24H24F3N3O3. The van der Waals surface area contributed by atoms with Gasteiger partial charge in [0.1, 0.15) is 17.5 Å². The van der Waals surface area contributed by atoms with Crippen molar-refractivity contribution >= 4 is 6.09 Å². The van der Waals surface area contributed by atoms with E-state index in [1.54, 1.807) is 30.3 Å². The third kappa shape index (κ3) is 5.57. The first-order valence-corrected chi connectivity index (χ1v) is 10.8. The van der Waals surface area contributed by atoms with Gasteiger partial charge in [-0.2, -0.15) is 18.4 Å². The number of piperidine rings is 1. The van der Waals surface area contributed by atoms with E-state index in [9.17, 15) is 18.0 Å². The molecule has 4 rings (SSSR count). The number of ether oxygens (including phenoxy) is 2. The lowest BCUT2D eigenvalue weighted by Crippen LogP contribution is -2.47. The van der Waals surface area contributed by atoms with Gasteiger partial charge in [0.25, 0.3) is 0 Å². The number of likely N-dealkylation sites (tertiary alicyclic amines) is 1. The molecule has 2 saturated heterocycles. The quantitative estimate of drug-likeness (QED) is 0.680. The molecule has 2 aromatic rings. The molecule has 9 heteroatoms. The maximum Gasteiger partial charge on any atom is 0.416 e. The van der Waals surface area contributed by atoms with Crippen LogP contribution in [0, 0.1) is 11.3 Å². The molecule has 0 radical (unpaired) electrons. The summed E-state index contributed by atoms with van der Waals surface area (Å²) in [6, 6.07) is 13.7. The van der Waals surface area contributed by atoms with Gasteiger partial charge in [0.15, 0.2) is 0 Å². The Morgan fingerprint density at radius 2 is 1.91 bits per heavy atom. The summed E-state index contributed by atoms with van der Waals surface area (Å²) >= 11 is 0. The zero-order chi connectivity index (χ0) is 23.5. The Kier molecular flexibility index (Phi) is 6.47. The van der Waals surface area contributed by atoms with E-state index < -0.39 is 23.4 Å². The number of rotatable bonds is 6. The summed E-state index contributed by atoms with van der Waals surface area (Å²) in [6.45, 7) is 2.57. The predicted molar refractivity (Wildman–Crippen MR) is 113 cm³/mol. The van der Waals surface area contributed by atoms with Crippen LogP contribution in [0.1, 0.15) is 42.1 Å². The van der Waals surface area contributed by atoms with E-state index in [0.717, 1.165) is 25.2 Å². The summed E-state index contributed by atoms with van der Waals surface area (Å²) in [7, 11) is 0. The van der Waals surface area contributed by atoms with E-state index >= 15 is 0 Å². The Morgan fingerprint density at radius 1 is 1.18 bits per heavy atom. The van der Waals surface area contributed by atoms with E-state index in [1.165, 1.54) is 6.07 Å². The third-order valence-corrected chi connectivity index (χ3v) is 6.19. The van der Waals surface area contributed by atoms with E-state index in [2.05, 4.69) is 10.2 Å². The predicted octanol–water partition coefficient (Wildman–Crippen LogP) is 4.66. The molecule has 6 nitrogen and oxygen atoms in total. The molecule has 2 aliphatic heterocycles. The number of carbonyl (C=O) groups excluding carboxylic acids is 1. The average molecular weight is 459 g/mol. The van der Waals surface area contributed by atoms with Crippen molar-refractivity contribution in [3.63, 3.8) is 0 Å². The summed E-state index contributed by atoms with van der Waals surface area (Å²) in [5.41, 5.74) is -0.254. The highest BCUT2D eigenvalue weighted by Gasteiger charge is 2.42. The van der Waals surface area contributed by atoms with Crippen LogP contribution in [0.3, 0.4) is 0 Å². The van der Waals surface area contributed by atoms with Gasteiger partial charge in [-0.1, -0.05) is 12.1 Å². The summed E-state index contributed by atoms with van der Waals surface area (Å²) in [5.74, 6) is 0.484. The number of alkyl halides is 3. The molecule has 0 bridgehead atoms. The molecule has 174 valence electrons. The number of alkyl carbamates (subject to hydrolysis) is 1. The first kappa shape index (κ1) is 22.9. The first-order valence-electron chi connectivity index (χ1n) is 10.8. The van der Waals surface area contributed by atoms with Crippen molar-refractivity contribution in [2.45, 2.75) is 37.1 Å². The second-order valence-corrected chi connectivity index (χ2v) is 8.42. The Balaban J connectivity index is 1.46. The molecular weight excluding hydrogens is 435 g/mol. The fourth-order valence-electron chi connectivity index (χ4n) is 4.25. The van der Waals surface area contributed by atoms with Crippen molar-refractivity contribution < 1.29 is 27.4 Å². The van der Waals surface area contributed by atoms with Gasteiger partial charge in [-0.3, -0.25) is 0 Å².